The molecule has 6 heteroatoms. The number of amides is 1. The Morgan fingerprint density at radius 1 is 1.18 bits per heavy atom. The van der Waals surface area contributed by atoms with Gasteiger partial charge in [0.1, 0.15) is 0 Å². The molecule has 0 fully saturated rings. The summed E-state index contributed by atoms with van der Waals surface area (Å²) in [5.74, 6) is -0.0539. The highest BCUT2D eigenvalue weighted by atomic mass is 16.1. The lowest BCUT2D eigenvalue weighted by atomic mass is 10.1. The van der Waals surface area contributed by atoms with Crippen molar-refractivity contribution in [3.8, 4) is 11.3 Å². The molecule has 0 atom stereocenters. The zero-order valence-corrected chi connectivity index (χ0v) is 12.1. The Morgan fingerprint density at radius 2 is 2.05 bits per heavy atom. The lowest BCUT2D eigenvalue weighted by molar-refractivity contribution is 0.0953. The van der Waals surface area contributed by atoms with Gasteiger partial charge in [-0.15, -0.1) is 0 Å². The van der Waals surface area contributed by atoms with Crippen LogP contribution in [0, 0.1) is 0 Å². The van der Waals surface area contributed by atoms with Gasteiger partial charge in [-0.25, -0.2) is 4.98 Å². The number of aryl methyl sites for hydroxylation is 1. The largest absolute Gasteiger partial charge is 0.352 e. The van der Waals surface area contributed by atoms with E-state index in [1.54, 1.807) is 18.7 Å². The Bertz CT molecular complexity index is 702. The second-order valence-electron chi connectivity index (χ2n) is 4.96. The van der Waals surface area contributed by atoms with E-state index in [1.165, 1.54) is 0 Å². The third kappa shape index (κ3) is 3.41. The van der Waals surface area contributed by atoms with Gasteiger partial charge in [-0.05, 0) is 30.2 Å². The molecule has 112 valence electrons. The maximum atomic E-state index is 12.1. The zero-order valence-electron chi connectivity index (χ0n) is 12.1. The molecule has 0 unspecified atom stereocenters. The minimum atomic E-state index is -0.0539. The zero-order chi connectivity index (χ0) is 15.2. The van der Waals surface area contributed by atoms with Crippen LogP contribution in [0.2, 0.25) is 0 Å². The van der Waals surface area contributed by atoms with Gasteiger partial charge in [0.15, 0.2) is 0 Å². The Labute approximate surface area is 128 Å². The SMILES string of the molecule is O=C(NCCCn1ccnc1)c1ccc(-c2ccn[nH]2)cc1. The van der Waals surface area contributed by atoms with Gasteiger partial charge >= 0.3 is 0 Å². The van der Waals surface area contributed by atoms with Gasteiger partial charge in [0.05, 0.1) is 12.0 Å². The van der Waals surface area contributed by atoms with Crippen molar-refractivity contribution in [2.24, 2.45) is 0 Å². The quantitative estimate of drug-likeness (QED) is 0.684. The summed E-state index contributed by atoms with van der Waals surface area (Å²) in [5, 5.41) is 9.74. The fourth-order valence-corrected chi connectivity index (χ4v) is 2.20. The molecule has 0 aliphatic carbocycles. The number of nitrogens with zero attached hydrogens (tertiary/aromatic N) is 3. The van der Waals surface area contributed by atoms with E-state index in [2.05, 4.69) is 20.5 Å². The van der Waals surface area contributed by atoms with E-state index in [0.29, 0.717) is 12.1 Å². The smallest absolute Gasteiger partial charge is 0.251 e. The molecular formula is C16H17N5O. The van der Waals surface area contributed by atoms with Crippen molar-refractivity contribution in [3.05, 3.63) is 60.8 Å². The predicted molar refractivity (Wildman–Crippen MR) is 83.2 cm³/mol. The fourth-order valence-electron chi connectivity index (χ4n) is 2.20. The highest BCUT2D eigenvalue weighted by molar-refractivity contribution is 5.94. The number of aromatic amines is 1. The van der Waals surface area contributed by atoms with E-state index in [4.69, 9.17) is 0 Å². The summed E-state index contributed by atoms with van der Waals surface area (Å²) in [6.45, 7) is 1.48. The number of hydrogen-bond acceptors (Lipinski definition) is 3. The molecule has 6 nitrogen and oxygen atoms in total. The number of rotatable bonds is 6. The predicted octanol–water partition coefficient (Wildman–Crippen LogP) is 2.09. The highest BCUT2D eigenvalue weighted by Crippen LogP contribution is 2.16. The first kappa shape index (κ1) is 14.1. The van der Waals surface area contributed by atoms with Crippen LogP contribution in [-0.2, 0) is 6.54 Å². The standard InChI is InChI=1S/C16H17N5O/c22-16(18-7-1-10-21-11-9-17-12-21)14-4-2-13(3-5-14)15-6-8-19-20-15/h2-6,8-9,11-12H,1,7,10H2,(H,18,22)(H,19,20). The summed E-state index contributed by atoms with van der Waals surface area (Å²) in [6.07, 6.45) is 8.01. The number of carbonyl (C=O) groups is 1. The molecule has 3 aromatic rings. The van der Waals surface area contributed by atoms with Crippen LogP contribution in [0.15, 0.2) is 55.2 Å². The number of hydrogen-bond donors (Lipinski definition) is 2. The number of nitrogens with one attached hydrogen (secondary N) is 2. The fraction of sp³-hybridized carbons (Fsp3) is 0.188. The maximum Gasteiger partial charge on any atom is 0.251 e. The minimum Gasteiger partial charge on any atom is -0.352 e. The first-order valence-electron chi connectivity index (χ1n) is 7.17. The van der Waals surface area contributed by atoms with E-state index < -0.39 is 0 Å². The Morgan fingerprint density at radius 3 is 2.73 bits per heavy atom. The van der Waals surface area contributed by atoms with Crippen molar-refractivity contribution in [3.63, 3.8) is 0 Å². The summed E-state index contributed by atoms with van der Waals surface area (Å²) in [6, 6.07) is 9.36. The van der Waals surface area contributed by atoms with E-state index in [1.807, 2.05) is 41.1 Å². The van der Waals surface area contributed by atoms with E-state index in [-0.39, 0.29) is 5.91 Å². The molecule has 1 aromatic carbocycles. The summed E-state index contributed by atoms with van der Waals surface area (Å²) in [5.41, 5.74) is 2.60. The second kappa shape index (κ2) is 6.71. The number of aromatic nitrogens is 4. The molecule has 0 saturated carbocycles. The van der Waals surface area contributed by atoms with E-state index in [9.17, 15) is 4.79 Å². The van der Waals surface area contributed by atoms with Crippen LogP contribution in [0.1, 0.15) is 16.8 Å². The molecule has 0 radical (unpaired) electrons. The van der Waals surface area contributed by atoms with Crippen molar-refractivity contribution >= 4 is 5.91 Å². The van der Waals surface area contributed by atoms with Gasteiger partial charge in [0.2, 0.25) is 0 Å². The van der Waals surface area contributed by atoms with Crippen LogP contribution in [0.4, 0.5) is 0 Å². The molecule has 0 aliphatic rings. The molecule has 2 heterocycles. The van der Waals surface area contributed by atoms with Crippen molar-refractivity contribution in [1.29, 1.82) is 0 Å². The summed E-state index contributed by atoms with van der Waals surface area (Å²) < 4.78 is 1.99. The van der Waals surface area contributed by atoms with Crippen molar-refractivity contribution in [1.82, 2.24) is 25.1 Å². The number of imidazole rings is 1. The molecule has 0 aliphatic heterocycles. The van der Waals surface area contributed by atoms with E-state index >= 15 is 0 Å². The lowest BCUT2D eigenvalue weighted by Crippen LogP contribution is -2.25. The monoisotopic (exact) mass is 295 g/mol. The van der Waals surface area contributed by atoms with Gasteiger partial charge < -0.3 is 9.88 Å². The average Bonchev–Trinajstić information content (AvgIpc) is 3.25. The highest BCUT2D eigenvalue weighted by Gasteiger charge is 2.05. The number of carbonyl (C=O) groups excluding carboxylic acids is 1. The van der Waals surface area contributed by atoms with Crippen LogP contribution in [0.5, 0.6) is 0 Å². The summed E-state index contributed by atoms with van der Waals surface area (Å²) in [7, 11) is 0. The summed E-state index contributed by atoms with van der Waals surface area (Å²) >= 11 is 0. The van der Waals surface area contributed by atoms with Crippen LogP contribution in [0.3, 0.4) is 0 Å². The van der Waals surface area contributed by atoms with Gasteiger partial charge in [0, 0.05) is 37.2 Å². The first-order chi connectivity index (χ1) is 10.8. The third-order valence-electron chi connectivity index (χ3n) is 3.40. The molecular weight excluding hydrogens is 278 g/mol. The van der Waals surface area contributed by atoms with Crippen LogP contribution >= 0.6 is 0 Å². The maximum absolute atomic E-state index is 12.1. The van der Waals surface area contributed by atoms with Crippen molar-refractivity contribution < 1.29 is 4.79 Å². The van der Waals surface area contributed by atoms with Crippen molar-refractivity contribution in [2.45, 2.75) is 13.0 Å². The Kier molecular flexibility index (Phi) is 4.29. The molecule has 22 heavy (non-hydrogen) atoms. The van der Waals surface area contributed by atoms with Crippen LogP contribution in [0.25, 0.3) is 11.3 Å². The molecule has 1 amide bonds. The van der Waals surface area contributed by atoms with Gasteiger partial charge in [0.25, 0.3) is 5.91 Å². The third-order valence-corrected chi connectivity index (χ3v) is 3.40. The molecule has 2 N–H and O–H groups in total. The summed E-state index contributed by atoms with van der Waals surface area (Å²) in [4.78, 5) is 16.0. The van der Waals surface area contributed by atoms with Gasteiger partial charge in [-0.1, -0.05) is 12.1 Å². The number of H-pyrrole nitrogens is 1. The van der Waals surface area contributed by atoms with Crippen molar-refractivity contribution in [2.75, 3.05) is 6.54 Å². The average molecular weight is 295 g/mol. The lowest BCUT2D eigenvalue weighted by Gasteiger charge is -2.06. The first-order valence-corrected chi connectivity index (χ1v) is 7.17. The normalized spacial score (nSPS) is 10.5. The van der Waals surface area contributed by atoms with Gasteiger partial charge in [-0.2, -0.15) is 5.10 Å². The topological polar surface area (TPSA) is 75.6 Å². The molecule has 0 bridgehead atoms. The molecule has 2 aromatic heterocycles. The molecule has 0 saturated heterocycles. The molecule has 0 spiro atoms. The van der Waals surface area contributed by atoms with Crippen LogP contribution < -0.4 is 5.32 Å². The van der Waals surface area contributed by atoms with Gasteiger partial charge in [-0.3, -0.25) is 9.89 Å². The Hall–Kier alpha value is -2.89. The second-order valence-corrected chi connectivity index (χ2v) is 4.96. The van der Waals surface area contributed by atoms with E-state index in [0.717, 1.165) is 24.2 Å². The molecule has 3 rings (SSSR count). The minimum absolute atomic E-state index is 0.0539. The number of benzene rings is 1. The van der Waals surface area contributed by atoms with Crippen LogP contribution in [-0.4, -0.2) is 32.2 Å². The Balaban J connectivity index is 1.49.